The number of cyclic esters (lactones) is 1. The van der Waals surface area contributed by atoms with Crippen LogP contribution in [0.25, 0.3) is 22.3 Å². The maximum atomic E-state index is 15.6. The van der Waals surface area contributed by atoms with Crippen molar-refractivity contribution in [2.24, 2.45) is 5.92 Å². The maximum Gasteiger partial charge on any atom is 0.343 e. The van der Waals surface area contributed by atoms with Crippen molar-refractivity contribution in [3.8, 4) is 11.4 Å². The molecule has 2 aromatic carbocycles. The molecule has 3 aliphatic heterocycles. The largest absolute Gasteiger partial charge is 0.458 e. The number of nitrogens with one attached hydrogen (secondary N) is 3. The minimum Gasteiger partial charge on any atom is -0.458 e. The number of pyridine rings is 2. The van der Waals surface area contributed by atoms with Crippen LogP contribution in [-0.4, -0.2) is 104 Å². The van der Waals surface area contributed by atoms with Crippen molar-refractivity contribution in [2.45, 2.75) is 153 Å². The molecule has 9 rings (SSSR count). The number of rotatable bonds is 27. The standard InChI is InChI=1S/C59H65FN6O13/c1-3-59(77)41-27-45-56-39(30-66(45)57(75)40(41)31-78-58(59)76)54-36(15-17-38-33(2)42(60)28-44(64-56)55(38)54)26-47(69)48(25-35-13-14-35)79-32-62-50(71)20-18-46(68)43(24-34-10-6-4-7-11-34)63-51(72)19-16-37(67)29-61-49(70)12-8-5-9-23-65-52(73)21-22-53(65)74/h4,6-7,10-11,21-22,27-28,35-36,43,48,77H,3,5,8-9,12-20,23-26,29-32H2,1-2H3,(H,61,70)(H,62,71)(H,63,72)/t36-,43+,48+,59+/m1/s1. The van der Waals surface area contributed by atoms with Crippen molar-refractivity contribution < 1.29 is 62.1 Å². The number of ketones is 3. The monoisotopic (exact) mass is 1080 g/mol. The zero-order valence-corrected chi connectivity index (χ0v) is 44.4. The van der Waals surface area contributed by atoms with Gasteiger partial charge < -0.3 is 35.1 Å². The third-order valence-electron chi connectivity index (χ3n) is 16.0. The normalized spacial score (nSPS) is 18.6. The lowest BCUT2D eigenvalue weighted by Crippen LogP contribution is -2.44. The fourth-order valence-electron chi connectivity index (χ4n) is 11.3. The second kappa shape index (κ2) is 24.2. The van der Waals surface area contributed by atoms with Crippen molar-refractivity contribution >= 4 is 63.8 Å². The van der Waals surface area contributed by atoms with Crippen LogP contribution in [0.4, 0.5) is 4.39 Å². The van der Waals surface area contributed by atoms with Gasteiger partial charge in [0.1, 0.15) is 25.3 Å². The van der Waals surface area contributed by atoms with E-state index in [2.05, 4.69) is 16.0 Å². The molecule has 0 unspecified atom stereocenters. The summed E-state index contributed by atoms with van der Waals surface area (Å²) in [6.45, 7) is 2.82. The minimum atomic E-state index is -2.04. The van der Waals surface area contributed by atoms with Crippen LogP contribution in [-0.2, 0) is 84.2 Å². The first-order valence-corrected chi connectivity index (χ1v) is 27.3. The average molecular weight is 1090 g/mol. The van der Waals surface area contributed by atoms with E-state index in [0.29, 0.717) is 66.6 Å². The first-order chi connectivity index (χ1) is 37.9. The van der Waals surface area contributed by atoms with Crippen LogP contribution in [0.15, 0.2) is 59.4 Å². The number of halogens is 1. The highest BCUT2D eigenvalue weighted by Crippen LogP contribution is 2.48. The quantitative estimate of drug-likeness (QED) is 0.0238. The molecule has 2 aromatic heterocycles. The van der Waals surface area contributed by atoms with Gasteiger partial charge in [-0.15, -0.1) is 0 Å². The molecule has 5 amide bonds. The van der Waals surface area contributed by atoms with Gasteiger partial charge in [-0.05, 0) is 92.0 Å². The summed E-state index contributed by atoms with van der Waals surface area (Å²) in [5.41, 5.74) is 2.53. The molecule has 4 atom stereocenters. The Hall–Kier alpha value is -7.58. The third-order valence-corrected chi connectivity index (χ3v) is 16.0. The van der Waals surface area contributed by atoms with Crippen molar-refractivity contribution in [3.05, 3.63) is 110 Å². The number of amides is 5. The number of aliphatic hydroxyl groups is 1. The van der Waals surface area contributed by atoms with Gasteiger partial charge >= 0.3 is 5.97 Å². The molecular weight excluding hydrogens is 1020 g/mol. The van der Waals surface area contributed by atoms with E-state index in [4.69, 9.17) is 14.5 Å². The molecule has 1 saturated carbocycles. The number of aromatic nitrogens is 2. The molecule has 416 valence electrons. The first-order valence-electron chi connectivity index (χ1n) is 27.3. The summed E-state index contributed by atoms with van der Waals surface area (Å²) >= 11 is 0. The number of hydrogen-bond acceptors (Lipinski definition) is 14. The Balaban J connectivity index is 0.785. The highest BCUT2D eigenvalue weighted by Gasteiger charge is 2.46. The highest BCUT2D eigenvalue weighted by atomic mass is 19.1. The number of ether oxygens (including phenoxy) is 2. The van der Waals surface area contributed by atoms with E-state index in [-0.39, 0.29) is 137 Å². The number of esters is 1. The lowest BCUT2D eigenvalue weighted by atomic mass is 9.76. The van der Waals surface area contributed by atoms with Gasteiger partial charge in [0.25, 0.3) is 17.4 Å². The zero-order valence-electron chi connectivity index (χ0n) is 44.4. The van der Waals surface area contributed by atoms with Crippen molar-refractivity contribution in [3.63, 3.8) is 0 Å². The van der Waals surface area contributed by atoms with Crippen LogP contribution in [0, 0.1) is 18.7 Å². The molecule has 0 saturated heterocycles. The summed E-state index contributed by atoms with van der Waals surface area (Å²) in [5.74, 6) is -4.50. The van der Waals surface area contributed by atoms with Gasteiger partial charge in [0.15, 0.2) is 23.0 Å². The molecule has 2 aliphatic carbocycles. The van der Waals surface area contributed by atoms with E-state index in [0.717, 1.165) is 39.8 Å². The van der Waals surface area contributed by atoms with Crippen LogP contribution < -0.4 is 21.5 Å². The van der Waals surface area contributed by atoms with Gasteiger partial charge in [-0.1, -0.05) is 56.5 Å². The number of aryl methyl sites for hydroxylation is 1. The summed E-state index contributed by atoms with van der Waals surface area (Å²) in [6, 6.07) is 11.0. The lowest BCUT2D eigenvalue weighted by molar-refractivity contribution is -0.172. The second-order valence-electron chi connectivity index (χ2n) is 21.4. The van der Waals surface area contributed by atoms with Gasteiger partial charge in [0, 0.05) is 79.8 Å². The maximum absolute atomic E-state index is 15.6. The Morgan fingerprint density at radius 2 is 1.59 bits per heavy atom. The van der Waals surface area contributed by atoms with E-state index in [1.54, 1.807) is 44.2 Å². The van der Waals surface area contributed by atoms with Gasteiger partial charge in [0.2, 0.25) is 17.7 Å². The van der Waals surface area contributed by atoms with Crippen LogP contribution in [0.5, 0.6) is 0 Å². The third kappa shape index (κ3) is 12.5. The molecule has 79 heavy (non-hydrogen) atoms. The predicted octanol–water partition coefficient (Wildman–Crippen LogP) is 4.80. The minimum absolute atomic E-state index is 0.0335. The molecule has 5 heterocycles. The topological polar surface area (TPSA) is 267 Å². The van der Waals surface area contributed by atoms with Crippen molar-refractivity contribution in [2.75, 3.05) is 19.8 Å². The Labute approximate surface area is 455 Å². The summed E-state index contributed by atoms with van der Waals surface area (Å²) in [5, 5.41) is 20.2. The molecule has 0 spiro atoms. The molecular formula is C59H65FN6O13. The number of carbonyl (C=O) groups is 9. The molecule has 1 fully saturated rings. The van der Waals surface area contributed by atoms with Crippen LogP contribution >= 0.6 is 0 Å². The number of benzene rings is 2. The lowest BCUT2D eigenvalue weighted by Gasteiger charge is -2.31. The van der Waals surface area contributed by atoms with Crippen LogP contribution in [0.1, 0.15) is 142 Å². The Kier molecular flexibility index (Phi) is 17.2. The van der Waals surface area contributed by atoms with Gasteiger partial charge in [-0.25, -0.2) is 14.2 Å². The number of nitrogens with zero attached hydrogens (tertiary/aromatic N) is 3. The summed E-state index contributed by atoms with van der Waals surface area (Å²) in [4.78, 5) is 136. The fraction of sp³-hybridized carbons (Fsp3) is 0.475. The summed E-state index contributed by atoms with van der Waals surface area (Å²) in [6.07, 6.45) is 5.86. The van der Waals surface area contributed by atoms with Crippen molar-refractivity contribution in [1.82, 2.24) is 30.4 Å². The Morgan fingerprint density at radius 1 is 0.861 bits per heavy atom. The highest BCUT2D eigenvalue weighted by molar-refractivity contribution is 6.12. The molecule has 0 radical (unpaired) electrons. The van der Waals surface area contributed by atoms with Gasteiger partial charge in [-0.2, -0.15) is 0 Å². The summed E-state index contributed by atoms with van der Waals surface area (Å²) in [7, 11) is 0. The first kappa shape index (κ1) is 56.2. The molecule has 4 aromatic rings. The number of carbonyl (C=O) groups excluding carboxylic acids is 9. The Morgan fingerprint density at radius 3 is 2.33 bits per heavy atom. The number of hydrogen-bond donors (Lipinski definition) is 4. The number of imide groups is 1. The molecule has 5 aliphatic rings. The Bertz CT molecular complexity index is 3220. The number of fused-ring (bicyclic) bond motifs is 5. The number of Topliss-reactive ketones (excluding diaryl/α,β-unsaturated/α-hetero) is 3. The van der Waals surface area contributed by atoms with E-state index >= 15 is 4.39 Å². The molecule has 19 nitrogen and oxygen atoms in total. The number of unbranched alkanes of at least 4 members (excludes halogenated alkanes) is 2. The second-order valence-corrected chi connectivity index (χ2v) is 21.4. The van der Waals surface area contributed by atoms with E-state index in [1.807, 2.05) is 6.07 Å². The molecule has 20 heteroatoms. The summed E-state index contributed by atoms with van der Waals surface area (Å²) < 4.78 is 28.5. The van der Waals surface area contributed by atoms with Gasteiger partial charge in [-0.3, -0.25) is 48.1 Å². The van der Waals surface area contributed by atoms with Crippen molar-refractivity contribution in [1.29, 1.82) is 0 Å². The zero-order chi connectivity index (χ0) is 56.1. The van der Waals surface area contributed by atoms with Gasteiger partial charge in [0.05, 0.1) is 41.6 Å². The average Bonchev–Trinajstić information content (AvgIpc) is 3.66. The van der Waals surface area contributed by atoms with Crippen LogP contribution in [0.3, 0.4) is 0 Å². The van der Waals surface area contributed by atoms with E-state index in [9.17, 15) is 53.1 Å². The SMILES string of the molecule is CC[C@@]1(O)C(=O)OCc2c1cc1n(c2=O)Cc2c-1nc1cc(F)c(C)c3c1c2[C@@H](CC(=O)[C@H](CC1CC1)OCNC(=O)CCC(=O)[C@H](Cc1ccccc1)NC(=O)CCC(=O)CNC(=O)CCCCCN1C(=O)C=CC1=O)CC3. The fourth-order valence-corrected chi connectivity index (χ4v) is 11.3. The smallest absolute Gasteiger partial charge is 0.343 e. The predicted molar refractivity (Wildman–Crippen MR) is 283 cm³/mol. The molecule has 4 N–H and O–H groups in total. The van der Waals surface area contributed by atoms with E-state index in [1.165, 1.54) is 22.8 Å². The molecule has 0 bridgehead atoms. The van der Waals surface area contributed by atoms with E-state index < -0.39 is 52.7 Å². The van der Waals surface area contributed by atoms with Crippen LogP contribution in [0.2, 0.25) is 0 Å².